The van der Waals surface area contributed by atoms with Crippen molar-refractivity contribution in [1.82, 2.24) is 4.90 Å². The van der Waals surface area contributed by atoms with Gasteiger partial charge in [-0.05, 0) is 53.8 Å². The molecule has 1 saturated heterocycles. The summed E-state index contributed by atoms with van der Waals surface area (Å²) >= 11 is 0. The lowest BCUT2D eigenvalue weighted by Gasteiger charge is -2.30. The second-order valence-corrected chi connectivity index (χ2v) is 5.11. The lowest BCUT2D eigenvalue weighted by atomic mass is 9.97. The van der Waals surface area contributed by atoms with Crippen molar-refractivity contribution < 1.29 is 9.53 Å². The Labute approximate surface area is 86.4 Å². The summed E-state index contributed by atoms with van der Waals surface area (Å²) in [6.07, 6.45) is 1.87. The predicted octanol–water partition coefficient (Wildman–Crippen LogP) is 1.67. The minimum Gasteiger partial charge on any atom is -0.460 e. The molecule has 0 saturated carbocycles. The van der Waals surface area contributed by atoms with E-state index in [0.717, 1.165) is 25.9 Å². The number of likely N-dealkylation sites (tertiary alicyclic amines) is 1. The molecule has 0 unspecified atom stereocenters. The molecule has 0 atom stereocenters. The van der Waals surface area contributed by atoms with E-state index in [9.17, 15) is 4.79 Å². The number of piperidine rings is 1. The molecule has 0 amide bonds. The molecule has 0 aliphatic carbocycles. The first-order valence-corrected chi connectivity index (χ1v) is 5.30. The Hall–Kier alpha value is -0.570. The molecule has 0 aromatic carbocycles. The topological polar surface area (TPSA) is 29.5 Å². The van der Waals surface area contributed by atoms with Crippen LogP contribution >= 0.6 is 0 Å². The molecular formula is C11H21NO2. The average Bonchev–Trinajstić information content (AvgIpc) is 2.02. The zero-order chi connectivity index (χ0) is 10.8. The Morgan fingerprint density at radius 2 is 1.79 bits per heavy atom. The highest BCUT2D eigenvalue weighted by atomic mass is 16.6. The third-order valence-corrected chi connectivity index (χ3v) is 2.46. The van der Waals surface area contributed by atoms with Crippen molar-refractivity contribution >= 4 is 5.97 Å². The van der Waals surface area contributed by atoms with Gasteiger partial charge in [0.1, 0.15) is 5.60 Å². The maximum Gasteiger partial charge on any atom is 0.309 e. The summed E-state index contributed by atoms with van der Waals surface area (Å²) in [6, 6.07) is 0. The number of hydrogen-bond donors (Lipinski definition) is 0. The molecular weight excluding hydrogens is 178 g/mol. The van der Waals surface area contributed by atoms with Crippen LogP contribution in [0.1, 0.15) is 33.6 Å². The first-order valence-electron chi connectivity index (χ1n) is 5.30. The highest BCUT2D eigenvalue weighted by molar-refractivity contribution is 5.73. The summed E-state index contributed by atoms with van der Waals surface area (Å²) in [7, 11) is 2.09. The number of rotatable bonds is 1. The number of nitrogens with zero attached hydrogens (tertiary/aromatic N) is 1. The van der Waals surface area contributed by atoms with Gasteiger partial charge in [0.2, 0.25) is 0 Å². The van der Waals surface area contributed by atoms with Gasteiger partial charge < -0.3 is 9.64 Å². The molecule has 0 aromatic heterocycles. The quantitative estimate of drug-likeness (QED) is 0.602. The van der Waals surface area contributed by atoms with Gasteiger partial charge in [-0.25, -0.2) is 0 Å². The Balaban J connectivity index is 2.38. The van der Waals surface area contributed by atoms with Crippen molar-refractivity contribution in [1.29, 1.82) is 0 Å². The molecule has 1 fully saturated rings. The van der Waals surface area contributed by atoms with E-state index in [1.807, 2.05) is 20.8 Å². The summed E-state index contributed by atoms with van der Waals surface area (Å²) in [4.78, 5) is 13.9. The fourth-order valence-electron chi connectivity index (χ4n) is 1.63. The first-order chi connectivity index (χ1) is 6.38. The lowest BCUT2D eigenvalue weighted by molar-refractivity contribution is -0.161. The normalized spacial score (nSPS) is 20.9. The summed E-state index contributed by atoms with van der Waals surface area (Å²) in [5.41, 5.74) is -0.347. The van der Waals surface area contributed by atoms with E-state index in [1.165, 1.54) is 0 Å². The minimum atomic E-state index is -0.347. The third kappa shape index (κ3) is 3.66. The molecule has 1 aliphatic rings. The second-order valence-electron chi connectivity index (χ2n) is 5.11. The molecule has 0 aromatic rings. The molecule has 0 radical (unpaired) electrons. The fourth-order valence-corrected chi connectivity index (χ4v) is 1.63. The van der Waals surface area contributed by atoms with Gasteiger partial charge in [-0.2, -0.15) is 0 Å². The van der Waals surface area contributed by atoms with Crippen LogP contribution in [0.2, 0.25) is 0 Å². The highest BCUT2D eigenvalue weighted by Crippen LogP contribution is 2.20. The van der Waals surface area contributed by atoms with Gasteiger partial charge in [0.05, 0.1) is 5.92 Å². The third-order valence-electron chi connectivity index (χ3n) is 2.46. The van der Waals surface area contributed by atoms with Crippen LogP contribution in [-0.4, -0.2) is 36.6 Å². The number of carbonyl (C=O) groups excluding carboxylic acids is 1. The van der Waals surface area contributed by atoms with E-state index in [2.05, 4.69) is 11.9 Å². The molecule has 0 N–H and O–H groups in total. The van der Waals surface area contributed by atoms with Crippen molar-refractivity contribution in [2.75, 3.05) is 20.1 Å². The van der Waals surface area contributed by atoms with Gasteiger partial charge in [0.25, 0.3) is 0 Å². The Morgan fingerprint density at radius 3 is 2.21 bits per heavy atom. The number of carbonyl (C=O) groups is 1. The van der Waals surface area contributed by atoms with E-state index in [1.54, 1.807) is 0 Å². The predicted molar refractivity (Wildman–Crippen MR) is 56.1 cm³/mol. The molecule has 14 heavy (non-hydrogen) atoms. The summed E-state index contributed by atoms with van der Waals surface area (Å²) < 4.78 is 5.35. The van der Waals surface area contributed by atoms with Crippen LogP contribution in [0.5, 0.6) is 0 Å². The maximum absolute atomic E-state index is 11.7. The van der Waals surface area contributed by atoms with Crippen LogP contribution in [0.3, 0.4) is 0 Å². The molecule has 0 bridgehead atoms. The molecule has 3 heteroatoms. The molecule has 1 heterocycles. The molecule has 82 valence electrons. The standard InChI is InChI=1S/C11H21NO2/c1-11(2,3)14-10(13)9-5-7-12(4)8-6-9/h9H,5-8H2,1-4H3. The van der Waals surface area contributed by atoms with Crippen LogP contribution in [-0.2, 0) is 9.53 Å². The average molecular weight is 199 g/mol. The zero-order valence-electron chi connectivity index (χ0n) is 9.67. The van der Waals surface area contributed by atoms with Gasteiger partial charge in [-0.1, -0.05) is 0 Å². The number of hydrogen-bond acceptors (Lipinski definition) is 3. The molecule has 1 rings (SSSR count). The van der Waals surface area contributed by atoms with E-state index < -0.39 is 0 Å². The van der Waals surface area contributed by atoms with Crippen LogP contribution in [0.15, 0.2) is 0 Å². The fraction of sp³-hybridized carbons (Fsp3) is 0.909. The molecule has 0 spiro atoms. The minimum absolute atomic E-state index is 0.0226. The van der Waals surface area contributed by atoms with Gasteiger partial charge in [0.15, 0.2) is 0 Å². The number of esters is 1. The van der Waals surface area contributed by atoms with E-state index >= 15 is 0 Å². The largest absolute Gasteiger partial charge is 0.460 e. The van der Waals surface area contributed by atoms with Crippen LogP contribution in [0.25, 0.3) is 0 Å². The Morgan fingerprint density at radius 1 is 1.29 bits per heavy atom. The van der Waals surface area contributed by atoms with Gasteiger partial charge in [-0.3, -0.25) is 4.79 Å². The van der Waals surface area contributed by atoms with Gasteiger partial charge in [0, 0.05) is 0 Å². The van der Waals surface area contributed by atoms with Crippen LogP contribution in [0, 0.1) is 5.92 Å². The Bertz CT molecular complexity index is 200. The second kappa shape index (κ2) is 4.30. The zero-order valence-corrected chi connectivity index (χ0v) is 9.67. The smallest absolute Gasteiger partial charge is 0.309 e. The lowest BCUT2D eigenvalue weighted by Crippen LogP contribution is -2.36. The number of ether oxygens (including phenoxy) is 1. The van der Waals surface area contributed by atoms with Crippen molar-refractivity contribution in [3.63, 3.8) is 0 Å². The molecule has 3 nitrogen and oxygen atoms in total. The highest BCUT2D eigenvalue weighted by Gasteiger charge is 2.27. The van der Waals surface area contributed by atoms with Crippen LogP contribution < -0.4 is 0 Å². The van der Waals surface area contributed by atoms with Crippen LogP contribution in [0.4, 0.5) is 0 Å². The van der Waals surface area contributed by atoms with Crippen molar-refractivity contribution in [3.8, 4) is 0 Å². The summed E-state index contributed by atoms with van der Waals surface area (Å²) in [6.45, 7) is 7.76. The molecule has 1 aliphatic heterocycles. The van der Waals surface area contributed by atoms with Crippen molar-refractivity contribution in [3.05, 3.63) is 0 Å². The van der Waals surface area contributed by atoms with Crippen molar-refractivity contribution in [2.45, 2.75) is 39.2 Å². The first kappa shape index (κ1) is 11.5. The summed E-state index contributed by atoms with van der Waals surface area (Å²) in [5, 5.41) is 0. The summed E-state index contributed by atoms with van der Waals surface area (Å²) in [5.74, 6) is 0.0935. The van der Waals surface area contributed by atoms with E-state index in [4.69, 9.17) is 4.74 Å². The van der Waals surface area contributed by atoms with Crippen molar-refractivity contribution in [2.24, 2.45) is 5.92 Å². The van der Waals surface area contributed by atoms with E-state index in [0.29, 0.717) is 0 Å². The maximum atomic E-state index is 11.7. The Kier molecular flexibility index (Phi) is 3.53. The monoisotopic (exact) mass is 199 g/mol. The van der Waals surface area contributed by atoms with E-state index in [-0.39, 0.29) is 17.5 Å². The SMILES string of the molecule is CN1CCC(C(=O)OC(C)(C)C)CC1. The van der Waals surface area contributed by atoms with Gasteiger partial charge in [-0.15, -0.1) is 0 Å². The van der Waals surface area contributed by atoms with Gasteiger partial charge >= 0.3 is 5.97 Å².